The van der Waals surface area contributed by atoms with Crippen LogP contribution in [0.25, 0.3) is 0 Å². The Morgan fingerprint density at radius 3 is 2.39 bits per heavy atom. The van der Waals surface area contributed by atoms with Gasteiger partial charge < -0.3 is 5.73 Å². The molecule has 0 bridgehead atoms. The van der Waals surface area contributed by atoms with Gasteiger partial charge in [0.25, 0.3) is 0 Å². The molecule has 7 heteroatoms. The van der Waals surface area contributed by atoms with E-state index in [0.717, 1.165) is 0 Å². The second-order valence-electron chi connectivity index (χ2n) is 5.47. The lowest BCUT2D eigenvalue weighted by atomic mass is 10.1. The summed E-state index contributed by atoms with van der Waals surface area (Å²) in [6, 6.07) is 11.8. The maximum atomic E-state index is 13.4. The fraction of sp³-hybridized carbons (Fsp3) is 0.188. The zero-order valence-electron chi connectivity index (χ0n) is 11.8. The first-order valence-corrected chi connectivity index (χ1v) is 9.20. The van der Waals surface area contributed by atoms with Crippen LogP contribution in [-0.4, -0.2) is 18.7 Å². The molecule has 3 rings (SSSR count). The molecule has 2 N–H and O–H groups in total. The van der Waals surface area contributed by atoms with Crippen LogP contribution in [0.3, 0.4) is 0 Å². The highest BCUT2D eigenvalue weighted by Crippen LogP contribution is 2.54. The van der Waals surface area contributed by atoms with Crippen LogP contribution < -0.4 is 5.73 Å². The molecule has 3 nitrogen and oxygen atoms in total. The van der Waals surface area contributed by atoms with Crippen LogP contribution in [0.5, 0.6) is 0 Å². The van der Waals surface area contributed by atoms with E-state index in [9.17, 15) is 12.8 Å². The number of hydrogen-bond acceptors (Lipinski definition) is 3. The molecule has 0 spiro atoms. The van der Waals surface area contributed by atoms with Crippen LogP contribution in [-0.2, 0) is 9.84 Å². The van der Waals surface area contributed by atoms with Gasteiger partial charge in [0.2, 0.25) is 0 Å². The van der Waals surface area contributed by atoms with E-state index in [1.165, 1.54) is 36.4 Å². The lowest BCUT2D eigenvalue weighted by Crippen LogP contribution is -2.17. The molecule has 1 saturated carbocycles. The summed E-state index contributed by atoms with van der Waals surface area (Å²) < 4.78 is 39.1. The molecule has 1 aliphatic rings. The van der Waals surface area contributed by atoms with Crippen LogP contribution in [0.2, 0.25) is 5.02 Å². The summed E-state index contributed by atoms with van der Waals surface area (Å²) in [5, 5.41) is -0.324. The Morgan fingerprint density at radius 2 is 1.83 bits per heavy atom. The lowest BCUT2D eigenvalue weighted by molar-refractivity contribution is 0.593. The molecule has 1 fully saturated rings. The van der Waals surface area contributed by atoms with Crippen molar-refractivity contribution in [3.05, 3.63) is 64.9 Å². The van der Waals surface area contributed by atoms with Crippen molar-refractivity contribution in [1.82, 2.24) is 0 Å². The predicted molar refractivity (Wildman–Crippen MR) is 91.8 cm³/mol. The largest absolute Gasteiger partial charge is 0.393 e. The number of rotatable bonds is 4. The standard InChI is InChI=1S/C16H13ClFNO2S2/c17-10-4-6-12(7-5-10)23(20,21)15-13(14(15)16(19)22)9-2-1-3-11(18)8-9/h1-8,13-15H,(H2,19,22)/t13-,14-,15+/m1/s1. The molecule has 0 radical (unpaired) electrons. The van der Waals surface area contributed by atoms with Crippen molar-refractivity contribution in [2.24, 2.45) is 11.7 Å². The fourth-order valence-electron chi connectivity index (χ4n) is 2.90. The predicted octanol–water partition coefficient (Wildman–Crippen LogP) is 3.32. The summed E-state index contributed by atoms with van der Waals surface area (Å²) in [6.07, 6.45) is 0. The van der Waals surface area contributed by atoms with E-state index in [4.69, 9.17) is 29.6 Å². The van der Waals surface area contributed by atoms with Gasteiger partial charge in [-0.05, 0) is 42.0 Å². The second-order valence-corrected chi connectivity index (χ2v) is 8.49. The number of sulfone groups is 1. The Bertz CT molecular complexity index is 868. The van der Waals surface area contributed by atoms with Gasteiger partial charge in [0.15, 0.2) is 9.84 Å². The summed E-state index contributed by atoms with van der Waals surface area (Å²) in [6.45, 7) is 0. The van der Waals surface area contributed by atoms with Gasteiger partial charge in [-0.25, -0.2) is 12.8 Å². The number of nitrogens with two attached hydrogens (primary N) is 1. The minimum absolute atomic E-state index is 0.127. The summed E-state index contributed by atoms with van der Waals surface area (Å²) in [5.74, 6) is -1.34. The highest BCUT2D eigenvalue weighted by atomic mass is 35.5. The van der Waals surface area contributed by atoms with Gasteiger partial charge in [0.1, 0.15) is 5.82 Å². The van der Waals surface area contributed by atoms with Crippen molar-refractivity contribution in [2.45, 2.75) is 16.1 Å². The van der Waals surface area contributed by atoms with Gasteiger partial charge in [0, 0.05) is 16.9 Å². The lowest BCUT2D eigenvalue weighted by Gasteiger charge is -2.04. The van der Waals surface area contributed by atoms with Gasteiger partial charge in [-0.3, -0.25) is 0 Å². The Balaban J connectivity index is 2.00. The van der Waals surface area contributed by atoms with Crippen molar-refractivity contribution in [1.29, 1.82) is 0 Å². The molecule has 0 heterocycles. The molecule has 23 heavy (non-hydrogen) atoms. The first kappa shape index (κ1) is 16.4. The molecule has 0 aromatic heterocycles. The molecule has 0 unspecified atom stereocenters. The molecular weight excluding hydrogens is 357 g/mol. The van der Waals surface area contributed by atoms with Crippen LogP contribution >= 0.6 is 23.8 Å². The molecule has 3 atom stereocenters. The van der Waals surface area contributed by atoms with Crippen molar-refractivity contribution < 1.29 is 12.8 Å². The fourth-order valence-corrected chi connectivity index (χ4v) is 5.56. The number of thiocarbonyl (C=S) groups is 1. The highest BCUT2D eigenvalue weighted by molar-refractivity contribution is 7.92. The monoisotopic (exact) mass is 369 g/mol. The maximum Gasteiger partial charge on any atom is 0.182 e. The molecule has 0 saturated heterocycles. The molecule has 0 amide bonds. The van der Waals surface area contributed by atoms with Crippen LogP contribution in [0.4, 0.5) is 4.39 Å². The minimum Gasteiger partial charge on any atom is -0.393 e. The second kappa shape index (κ2) is 5.85. The van der Waals surface area contributed by atoms with Crippen molar-refractivity contribution in [3.63, 3.8) is 0 Å². The van der Waals surface area contributed by atoms with Crippen LogP contribution in [0.1, 0.15) is 11.5 Å². The molecular formula is C16H13ClFNO2S2. The third-order valence-electron chi connectivity index (χ3n) is 4.02. The number of benzene rings is 2. The quantitative estimate of drug-likeness (QED) is 0.840. The van der Waals surface area contributed by atoms with Crippen molar-refractivity contribution >= 4 is 38.6 Å². The van der Waals surface area contributed by atoms with Crippen LogP contribution in [0, 0.1) is 11.7 Å². The Morgan fingerprint density at radius 1 is 1.17 bits per heavy atom. The average Bonchev–Trinajstić information content (AvgIpc) is 3.24. The van der Waals surface area contributed by atoms with E-state index in [0.29, 0.717) is 10.6 Å². The summed E-state index contributed by atoms with van der Waals surface area (Å²) in [4.78, 5) is 0.286. The van der Waals surface area contributed by atoms with Gasteiger partial charge in [0.05, 0.1) is 15.1 Å². The third kappa shape index (κ3) is 2.98. The van der Waals surface area contributed by atoms with Crippen LogP contribution in [0.15, 0.2) is 53.4 Å². The first-order valence-electron chi connectivity index (χ1n) is 6.86. The highest BCUT2D eigenvalue weighted by Gasteiger charge is 2.60. The summed E-state index contributed by atoms with van der Waals surface area (Å²) >= 11 is 10.8. The van der Waals surface area contributed by atoms with E-state index < -0.39 is 32.7 Å². The molecule has 2 aromatic rings. The molecule has 0 aliphatic heterocycles. The topological polar surface area (TPSA) is 60.2 Å². The smallest absolute Gasteiger partial charge is 0.182 e. The van der Waals surface area contributed by atoms with Gasteiger partial charge >= 0.3 is 0 Å². The average molecular weight is 370 g/mol. The zero-order valence-corrected chi connectivity index (χ0v) is 14.2. The van der Waals surface area contributed by atoms with Gasteiger partial charge in [-0.15, -0.1) is 0 Å². The molecule has 2 aromatic carbocycles. The van der Waals surface area contributed by atoms with E-state index in [1.54, 1.807) is 12.1 Å². The maximum absolute atomic E-state index is 13.4. The molecule has 1 aliphatic carbocycles. The minimum atomic E-state index is -3.64. The number of hydrogen-bond donors (Lipinski definition) is 1. The number of halogens is 2. The van der Waals surface area contributed by atoms with E-state index in [2.05, 4.69) is 0 Å². The van der Waals surface area contributed by atoms with E-state index in [1.807, 2.05) is 0 Å². The molecule has 120 valence electrons. The first-order chi connectivity index (χ1) is 10.8. The Kier molecular flexibility index (Phi) is 4.16. The third-order valence-corrected chi connectivity index (χ3v) is 6.77. The van der Waals surface area contributed by atoms with E-state index >= 15 is 0 Å². The SMILES string of the molecule is NC(=S)[C@@H]1[C@@H](c2cccc(F)c2)[C@@H]1S(=O)(=O)c1ccc(Cl)cc1. The Labute approximate surface area is 144 Å². The summed E-state index contributed by atoms with van der Waals surface area (Å²) in [7, 11) is -3.64. The van der Waals surface area contributed by atoms with Crippen molar-refractivity contribution in [2.75, 3.05) is 0 Å². The Hall–Kier alpha value is -1.50. The normalized spacial score (nSPS) is 23.5. The van der Waals surface area contributed by atoms with Gasteiger partial charge in [-0.2, -0.15) is 0 Å². The summed E-state index contributed by atoms with van der Waals surface area (Å²) in [5.41, 5.74) is 6.29. The van der Waals surface area contributed by atoms with Gasteiger partial charge in [-0.1, -0.05) is 36.0 Å². The van der Waals surface area contributed by atoms with E-state index in [-0.39, 0.29) is 9.88 Å². The van der Waals surface area contributed by atoms with Crippen molar-refractivity contribution in [3.8, 4) is 0 Å². The zero-order chi connectivity index (χ0) is 16.8.